The Morgan fingerprint density at radius 2 is 1.79 bits per heavy atom. The lowest BCUT2D eigenvalue weighted by molar-refractivity contribution is -0.137. The molecular weight excluding hydrogens is 251 g/mol. The maximum atomic E-state index is 12.5. The lowest BCUT2D eigenvalue weighted by Gasteiger charge is -2.17. The Labute approximate surface area is 110 Å². The van der Waals surface area contributed by atoms with Gasteiger partial charge in [-0.3, -0.25) is 0 Å². The molecular formula is C15H16F3N. The molecule has 4 heteroatoms. The third-order valence-electron chi connectivity index (χ3n) is 4.23. The molecule has 1 fully saturated rings. The van der Waals surface area contributed by atoms with Crippen molar-refractivity contribution in [2.75, 3.05) is 13.1 Å². The lowest BCUT2D eigenvalue weighted by Crippen LogP contribution is -2.18. The molecule has 1 nitrogen and oxygen atoms in total. The average molecular weight is 267 g/mol. The Kier molecular flexibility index (Phi) is 2.93. The summed E-state index contributed by atoms with van der Waals surface area (Å²) < 4.78 is 37.5. The molecule has 1 aliphatic carbocycles. The van der Waals surface area contributed by atoms with Crippen LogP contribution in [0.1, 0.15) is 30.4 Å². The highest BCUT2D eigenvalue weighted by Crippen LogP contribution is 2.44. The second-order valence-corrected chi connectivity index (χ2v) is 5.53. The molecule has 1 unspecified atom stereocenters. The van der Waals surface area contributed by atoms with E-state index in [-0.39, 0.29) is 5.41 Å². The van der Waals surface area contributed by atoms with Gasteiger partial charge in [0.2, 0.25) is 0 Å². The number of benzene rings is 1. The molecule has 0 saturated carbocycles. The zero-order valence-corrected chi connectivity index (χ0v) is 10.6. The van der Waals surface area contributed by atoms with Gasteiger partial charge in [-0.2, -0.15) is 13.2 Å². The van der Waals surface area contributed by atoms with Gasteiger partial charge in [0.1, 0.15) is 0 Å². The van der Waals surface area contributed by atoms with Crippen LogP contribution in [-0.4, -0.2) is 13.1 Å². The summed E-state index contributed by atoms with van der Waals surface area (Å²) in [6.45, 7) is 2.04. The quantitative estimate of drug-likeness (QED) is 0.814. The molecule has 19 heavy (non-hydrogen) atoms. The van der Waals surface area contributed by atoms with E-state index in [2.05, 4.69) is 11.4 Å². The van der Waals surface area contributed by atoms with Crippen molar-refractivity contribution in [3.63, 3.8) is 0 Å². The molecule has 1 aromatic carbocycles. The minimum Gasteiger partial charge on any atom is -0.316 e. The zero-order valence-electron chi connectivity index (χ0n) is 10.6. The highest BCUT2D eigenvalue weighted by Gasteiger charge is 2.36. The van der Waals surface area contributed by atoms with Gasteiger partial charge in [0.25, 0.3) is 0 Å². The lowest BCUT2D eigenvalue weighted by atomic mass is 9.87. The van der Waals surface area contributed by atoms with Gasteiger partial charge in [-0.25, -0.2) is 0 Å². The minimum atomic E-state index is -4.25. The Balaban J connectivity index is 1.84. The third-order valence-corrected chi connectivity index (χ3v) is 4.23. The van der Waals surface area contributed by atoms with Crippen molar-refractivity contribution in [3.05, 3.63) is 41.5 Å². The van der Waals surface area contributed by atoms with E-state index in [4.69, 9.17) is 0 Å². The summed E-state index contributed by atoms with van der Waals surface area (Å²) >= 11 is 0. The fraction of sp³-hybridized carbons (Fsp3) is 0.467. The molecule has 1 spiro atoms. The van der Waals surface area contributed by atoms with E-state index in [1.165, 1.54) is 17.7 Å². The fourth-order valence-corrected chi connectivity index (χ4v) is 3.10. The monoisotopic (exact) mass is 267 g/mol. The maximum Gasteiger partial charge on any atom is 0.416 e. The Morgan fingerprint density at radius 3 is 2.37 bits per heavy atom. The Morgan fingerprint density at radius 1 is 1.05 bits per heavy atom. The number of hydrogen-bond donors (Lipinski definition) is 1. The number of allylic oxidation sites excluding steroid dienone is 1. The summed E-state index contributed by atoms with van der Waals surface area (Å²) in [5.41, 5.74) is 1.79. The molecule has 0 aromatic heterocycles. The summed E-state index contributed by atoms with van der Waals surface area (Å²) in [5, 5.41) is 3.36. The van der Waals surface area contributed by atoms with Crippen LogP contribution in [0.15, 0.2) is 30.3 Å². The summed E-state index contributed by atoms with van der Waals surface area (Å²) in [7, 11) is 0. The average Bonchev–Trinajstić information content (AvgIpc) is 3.00. The summed E-state index contributed by atoms with van der Waals surface area (Å²) in [6.07, 6.45) is 1.23. The van der Waals surface area contributed by atoms with Crippen LogP contribution in [0.3, 0.4) is 0 Å². The largest absolute Gasteiger partial charge is 0.416 e. The smallest absolute Gasteiger partial charge is 0.316 e. The van der Waals surface area contributed by atoms with Crippen molar-refractivity contribution in [1.29, 1.82) is 0 Å². The number of nitrogens with one attached hydrogen (secondary N) is 1. The van der Waals surface area contributed by atoms with Crippen molar-refractivity contribution in [1.82, 2.24) is 5.32 Å². The van der Waals surface area contributed by atoms with Crippen molar-refractivity contribution < 1.29 is 13.2 Å². The Hall–Kier alpha value is -1.29. The Bertz CT molecular complexity index is 493. The van der Waals surface area contributed by atoms with Gasteiger partial charge in [0.15, 0.2) is 0 Å². The first-order chi connectivity index (χ1) is 8.99. The summed E-state index contributed by atoms with van der Waals surface area (Å²) in [4.78, 5) is 0. The molecule has 102 valence electrons. The first kappa shape index (κ1) is 12.7. The van der Waals surface area contributed by atoms with E-state index < -0.39 is 11.7 Å². The van der Waals surface area contributed by atoms with Gasteiger partial charge < -0.3 is 5.32 Å². The van der Waals surface area contributed by atoms with Crippen LogP contribution in [0.2, 0.25) is 0 Å². The first-order valence-electron chi connectivity index (χ1n) is 6.59. The number of hydrogen-bond acceptors (Lipinski definition) is 1. The SMILES string of the molecule is FC(F)(F)c1ccc(C2=CC3(CCNC3)CC2)cc1. The highest BCUT2D eigenvalue weighted by atomic mass is 19.4. The van der Waals surface area contributed by atoms with Crippen LogP contribution in [0.5, 0.6) is 0 Å². The normalized spacial score (nSPS) is 27.0. The number of halogens is 3. The molecule has 1 N–H and O–H groups in total. The van der Waals surface area contributed by atoms with E-state index >= 15 is 0 Å². The number of rotatable bonds is 1. The van der Waals surface area contributed by atoms with Gasteiger partial charge in [-0.1, -0.05) is 18.2 Å². The predicted octanol–water partition coefficient (Wildman–Crippen LogP) is 3.86. The molecule has 0 radical (unpaired) electrons. The molecule has 1 aromatic rings. The van der Waals surface area contributed by atoms with E-state index in [1.807, 2.05) is 0 Å². The standard InChI is InChI=1S/C15H16F3N/c16-15(17,18)13-3-1-11(2-4-13)12-5-6-14(9-12)7-8-19-10-14/h1-4,9,19H,5-8,10H2. The topological polar surface area (TPSA) is 12.0 Å². The molecule has 0 bridgehead atoms. The molecule has 1 atom stereocenters. The van der Waals surface area contributed by atoms with Crippen LogP contribution in [0.25, 0.3) is 5.57 Å². The van der Waals surface area contributed by atoms with Crippen molar-refractivity contribution in [3.8, 4) is 0 Å². The number of alkyl halides is 3. The van der Waals surface area contributed by atoms with Crippen molar-refractivity contribution in [2.45, 2.75) is 25.4 Å². The van der Waals surface area contributed by atoms with Crippen molar-refractivity contribution >= 4 is 5.57 Å². The van der Waals surface area contributed by atoms with E-state index in [9.17, 15) is 13.2 Å². The van der Waals surface area contributed by atoms with Gasteiger partial charge in [0, 0.05) is 12.0 Å². The van der Waals surface area contributed by atoms with Gasteiger partial charge in [-0.15, -0.1) is 0 Å². The molecule has 2 aliphatic rings. The fourth-order valence-electron chi connectivity index (χ4n) is 3.10. The molecule has 1 aliphatic heterocycles. The van der Waals surface area contributed by atoms with Gasteiger partial charge in [-0.05, 0) is 49.1 Å². The summed E-state index contributed by atoms with van der Waals surface area (Å²) in [6, 6.07) is 5.54. The predicted molar refractivity (Wildman–Crippen MR) is 68.6 cm³/mol. The van der Waals surface area contributed by atoms with Crippen LogP contribution < -0.4 is 5.32 Å². The zero-order chi connectivity index (χ0) is 13.5. The molecule has 1 saturated heterocycles. The third kappa shape index (κ3) is 2.41. The first-order valence-corrected chi connectivity index (χ1v) is 6.59. The second kappa shape index (κ2) is 4.37. The molecule has 3 rings (SSSR count). The second-order valence-electron chi connectivity index (χ2n) is 5.53. The molecule has 1 heterocycles. The summed E-state index contributed by atoms with van der Waals surface area (Å²) in [5.74, 6) is 0. The van der Waals surface area contributed by atoms with Crippen LogP contribution in [0.4, 0.5) is 13.2 Å². The van der Waals surface area contributed by atoms with Crippen LogP contribution in [0, 0.1) is 5.41 Å². The van der Waals surface area contributed by atoms with E-state index in [0.717, 1.165) is 37.9 Å². The highest BCUT2D eigenvalue weighted by molar-refractivity contribution is 5.69. The minimum absolute atomic E-state index is 0.248. The van der Waals surface area contributed by atoms with Crippen LogP contribution >= 0.6 is 0 Å². The van der Waals surface area contributed by atoms with Gasteiger partial charge in [0.05, 0.1) is 5.56 Å². The molecule has 0 amide bonds. The maximum absolute atomic E-state index is 12.5. The van der Waals surface area contributed by atoms with Crippen molar-refractivity contribution in [2.24, 2.45) is 5.41 Å². The van der Waals surface area contributed by atoms with E-state index in [1.54, 1.807) is 12.1 Å². The van der Waals surface area contributed by atoms with Crippen LogP contribution in [-0.2, 0) is 6.18 Å². The van der Waals surface area contributed by atoms with E-state index in [0.29, 0.717) is 0 Å². The van der Waals surface area contributed by atoms with Gasteiger partial charge >= 0.3 is 6.18 Å².